The van der Waals surface area contributed by atoms with Gasteiger partial charge in [-0.1, -0.05) is 6.07 Å². The molecule has 2 heterocycles. The number of nitrogens with two attached hydrogens (primary N) is 1. The SMILES string of the molecule is Cn1nc(-c2ccc3c(c2)NC(=O)CS3)c(Br)c1N. The van der Waals surface area contributed by atoms with Gasteiger partial charge in [0.05, 0.1) is 15.9 Å². The minimum absolute atomic E-state index is 0.0225. The lowest BCUT2D eigenvalue weighted by Gasteiger charge is -2.16. The summed E-state index contributed by atoms with van der Waals surface area (Å²) < 4.78 is 2.39. The van der Waals surface area contributed by atoms with E-state index in [2.05, 4.69) is 26.3 Å². The first-order valence-corrected chi connectivity index (χ1v) is 7.39. The molecule has 0 radical (unpaired) electrons. The fourth-order valence-corrected chi connectivity index (χ4v) is 3.28. The molecule has 19 heavy (non-hydrogen) atoms. The monoisotopic (exact) mass is 338 g/mol. The highest BCUT2D eigenvalue weighted by atomic mass is 79.9. The summed E-state index contributed by atoms with van der Waals surface area (Å²) in [6, 6.07) is 5.90. The molecule has 0 spiro atoms. The van der Waals surface area contributed by atoms with E-state index in [4.69, 9.17) is 5.73 Å². The molecule has 0 atom stereocenters. The summed E-state index contributed by atoms with van der Waals surface area (Å²) in [6.45, 7) is 0. The predicted molar refractivity (Wildman–Crippen MR) is 80.1 cm³/mol. The molecule has 0 aliphatic carbocycles. The van der Waals surface area contributed by atoms with Gasteiger partial charge >= 0.3 is 0 Å². The average molecular weight is 339 g/mol. The van der Waals surface area contributed by atoms with Crippen LogP contribution in [0.15, 0.2) is 27.6 Å². The second kappa shape index (κ2) is 4.57. The molecule has 0 saturated carbocycles. The number of hydrogen-bond acceptors (Lipinski definition) is 4. The quantitative estimate of drug-likeness (QED) is 0.837. The van der Waals surface area contributed by atoms with Crippen LogP contribution in [0.5, 0.6) is 0 Å². The Morgan fingerprint density at radius 1 is 1.53 bits per heavy atom. The molecule has 2 aromatic rings. The zero-order valence-corrected chi connectivity index (χ0v) is 12.5. The first-order chi connectivity index (χ1) is 9.06. The number of fused-ring (bicyclic) bond motifs is 1. The summed E-state index contributed by atoms with van der Waals surface area (Å²) in [6.07, 6.45) is 0. The van der Waals surface area contributed by atoms with Crippen LogP contribution in [0.3, 0.4) is 0 Å². The molecular weight excluding hydrogens is 328 g/mol. The highest BCUT2D eigenvalue weighted by Crippen LogP contribution is 2.37. The van der Waals surface area contributed by atoms with Crippen molar-refractivity contribution in [2.45, 2.75) is 4.90 Å². The Morgan fingerprint density at radius 2 is 2.32 bits per heavy atom. The first kappa shape index (κ1) is 12.6. The highest BCUT2D eigenvalue weighted by Gasteiger charge is 2.18. The maximum absolute atomic E-state index is 11.4. The normalized spacial score (nSPS) is 14.1. The molecule has 0 saturated heterocycles. The molecule has 3 rings (SSSR count). The molecule has 1 aliphatic rings. The number of benzene rings is 1. The Bertz CT molecular complexity index is 683. The molecule has 0 unspecified atom stereocenters. The number of thioether (sulfide) groups is 1. The molecule has 3 N–H and O–H groups in total. The third-order valence-electron chi connectivity index (χ3n) is 2.92. The molecule has 5 nitrogen and oxygen atoms in total. The Morgan fingerprint density at radius 3 is 3.00 bits per heavy atom. The van der Waals surface area contributed by atoms with Crippen LogP contribution in [0.2, 0.25) is 0 Å². The van der Waals surface area contributed by atoms with Crippen LogP contribution in [0.25, 0.3) is 11.3 Å². The van der Waals surface area contributed by atoms with Gasteiger partial charge in [-0.15, -0.1) is 11.8 Å². The average Bonchev–Trinajstić information content (AvgIpc) is 2.65. The number of nitrogens with one attached hydrogen (secondary N) is 1. The van der Waals surface area contributed by atoms with Crippen molar-refractivity contribution in [2.24, 2.45) is 7.05 Å². The third kappa shape index (κ3) is 2.12. The van der Waals surface area contributed by atoms with Crippen molar-refractivity contribution in [1.82, 2.24) is 9.78 Å². The van der Waals surface area contributed by atoms with Crippen LogP contribution in [-0.4, -0.2) is 21.4 Å². The molecular formula is C12H11BrN4OS. The Balaban J connectivity index is 2.09. The van der Waals surface area contributed by atoms with E-state index in [0.717, 1.165) is 26.3 Å². The maximum atomic E-state index is 11.4. The van der Waals surface area contributed by atoms with E-state index in [1.165, 1.54) is 11.8 Å². The fourth-order valence-electron chi connectivity index (χ4n) is 1.93. The van der Waals surface area contributed by atoms with E-state index in [1.54, 1.807) is 11.7 Å². The molecule has 1 aromatic heterocycles. The van der Waals surface area contributed by atoms with E-state index in [1.807, 2.05) is 18.2 Å². The zero-order valence-electron chi connectivity index (χ0n) is 10.1. The largest absolute Gasteiger partial charge is 0.383 e. The van der Waals surface area contributed by atoms with Gasteiger partial charge in [0.25, 0.3) is 0 Å². The molecule has 1 aromatic carbocycles. The zero-order chi connectivity index (χ0) is 13.6. The van der Waals surface area contributed by atoms with Crippen LogP contribution in [0, 0.1) is 0 Å². The van der Waals surface area contributed by atoms with Crippen LogP contribution in [0.1, 0.15) is 0 Å². The number of nitrogen functional groups attached to an aromatic ring is 1. The number of anilines is 2. The minimum atomic E-state index is 0.0225. The van der Waals surface area contributed by atoms with Crippen LogP contribution < -0.4 is 11.1 Å². The number of aryl methyl sites for hydroxylation is 1. The van der Waals surface area contributed by atoms with Gasteiger partial charge in [-0.25, -0.2) is 0 Å². The van der Waals surface area contributed by atoms with E-state index in [-0.39, 0.29) is 5.91 Å². The lowest BCUT2D eigenvalue weighted by Crippen LogP contribution is -2.18. The minimum Gasteiger partial charge on any atom is -0.383 e. The van der Waals surface area contributed by atoms with Gasteiger partial charge in [0.15, 0.2) is 0 Å². The molecule has 7 heteroatoms. The second-order valence-corrected chi connectivity index (χ2v) is 6.03. The Labute approximate surface area is 122 Å². The number of rotatable bonds is 1. The van der Waals surface area contributed by atoms with E-state index in [0.29, 0.717) is 11.6 Å². The number of carbonyl (C=O) groups excluding carboxylic acids is 1. The number of halogens is 1. The number of hydrogen-bond donors (Lipinski definition) is 2. The molecule has 0 bridgehead atoms. The van der Waals surface area contributed by atoms with Gasteiger partial charge in [0.1, 0.15) is 11.5 Å². The van der Waals surface area contributed by atoms with Gasteiger partial charge in [-0.05, 0) is 28.1 Å². The summed E-state index contributed by atoms with van der Waals surface area (Å²) >= 11 is 4.98. The van der Waals surface area contributed by atoms with Crippen molar-refractivity contribution < 1.29 is 4.79 Å². The summed E-state index contributed by atoms with van der Waals surface area (Å²) in [7, 11) is 1.79. The van der Waals surface area contributed by atoms with Crippen molar-refractivity contribution in [2.75, 3.05) is 16.8 Å². The number of nitrogens with zero attached hydrogens (tertiary/aromatic N) is 2. The summed E-state index contributed by atoms with van der Waals surface area (Å²) in [5.41, 5.74) is 8.40. The summed E-state index contributed by atoms with van der Waals surface area (Å²) in [4.78, 5) is 12.5. The van der Waals surface area contributed by atoms with E-state index in [9.17, 15) is 4.79 Å². The highest BCUT2D eigenvalue weighted by molar-refractivity contribution is 9.10. The standard InChI is InChI=1S/C12H11BrN4OS/c1-17-12(14)10(13)11(16-17)6-2-3-8-7(4-6)15-9(18)5-19-8/h2-4H,5,14H2,1H3,(H,15,18). The second-order valence-electron chi connectivity index (χ2n) is 4.22. The van der Waals surface area contributed by atoms with Crippen molar-refractivity contribution in [3.8, 4) is 11.3 Å². The summed E-state index contributed by atoms with van der Waals surface area (Å²) in [5, 5.41) is 7.24. The van der Waals surface area contributed by atoms with Crippen molar-refractivity contribution in [3.63, 3.8) is 0 Å². The lowest BCUT2D eigenvalue weighted by molar-refractivity contribution is -0.113. The van der Waals surface area contributed by atoms with Crippen molar-refractivity contribution >= 4 is 45.1 Å². The number of aromatic nitrogens is 2. The smallest absolute Gasteiger partial charge is 0.234 e. The molecule has 1 amide bonds. The molecule has 98 valence electrons. The van der Waals surface area contributed by atoms with Crippen molar-refractivity contribution in [1.29, 1.82) is 0 Å². The Hall–Kier alpha value is -1.47. The van der Waals surface area contributed by atoms with Crippen LogP contribution >= 0.6 is 27.7 Å². The Kier molecular flexibility index (Phi) is 3.02. The first-order valence-electron chi connectivity index (χ1n) is 5.61. The number of carbonyl (C=O) groups is 1. The number of amides is 1. The predicted octanol–water partition coefficient (Wildman–Crippen LogP) is 2.48. The van der Waals surface area contributed by atoms with Crippen LogP contribution in [0.4, 0.5) is 11.5 Å². The van der Waals surface area contributed by atoms with Gasteiger partial charge in [0.2, 0.25) is 5.91 Å². The van der Waals surface area contributed by atoms with Crippen LogP contribution in [-0.2, 0) is 11.8 Å². The third-order valence-corrected chi connectivity index (χ3v) is 4.77. The molecule has 1 aliphatic heterocycles. The van der Waals surface area contributed by atoms with Gasteiger partial charge in [-0.3, -0.25) is 9.48 Å². The molecule has 0 fully saturated rings. The van der Waals surface area contributed by atoms with Gasteiger partial charge in [-0.2, -0.15) is 5.10 Å². The fraction of sp³-hybridized carbons (Fsp3) is 0.167. The topological polar surface area (TPSA) is 72.9 Å². The van der Waals surface area contributed by atoms with E-state index < -0.39 is 0 Å². The maximum Gasteiger partial charge on any atom is 0.234 e. The lowest BCUT2D eigenvalue weighted by atomic mass is 10.1. The van der Waals surface area contributed by atoms with Gasteiger partial charge in [0, 0.05) is 17.5 Å². The van der Waals surface area contributed by atoms with Crippen molar-refractivity contribution in [3.05, 3.63) is 22.7 Å². The van der Waals surface area contributed by atoms with Gasteiger partial charge < -0.3 is 11.1 Å². The van der Waals surface area contributed by atoms with E-state index >= 15 is 0 Å². The summed E-state index contributed by atoms with van der Waals surface area (Å²) in [5.74, 6) is 1.06.